The van der Waals surface area contributed by atoms with Crippen LogP contribution in [0.5, 0.6) is 5.88 Å². The number of piperidine rings is 1. The molecule has 1 aliphatic heterocycles. The Labute approximate surface area is 146 Å². The summed E-state index contributed by atoms with van der Waals surface area (Å²) in [5.41, 5.74) is 1.83. The van der Waals surface area contributed by atoms with E-state index in [-0.39, 0.29) is 0 Å². The number of nitrogens with zero attached hydrogens (tertiary/aromatic N) is 4. The number of ether oxygens (including phenoxy) is 1. The van der Waals surface area contributed by atoms with E-state index in [2.05, 4.69) is 19.9 Å². The highest BCUT2D eigenvalue weighted by Gasteiger charge is 2.20. The molecule has 5 nitrogen and oxygen atoms in total. The van der Waals surface area contributed by atoms with Crippen LogP contribution >= 0.6 is 0 Å². The summed E-state index contributed by atoms with van der Waals surface area (Å²) in [6.07, 6.45) is 3.73. The van der Waals surface area contributed by atoms with E-state index in [1.165, 1.54) is 19.3 Å². The predicted octanol–water partition coefficient (Wildman–Crippen LogP) is 4.69. The monoisotopic (exact) mass is 332 g/mol. The second-order valence-corrected chi connectivity index (χ2v) is 5.31. The van der Waals surface area contributed by atoms with Gasteiger partial charge in [-0.1, -0.05) is 27.7 Å². The summed E-state index contributed by atoms with van der Waals surface area (Å²) in [5.74, 6) is 2.39. The van der Waals surface area contributed by atoms with Gasteiger partial charge in [-0.3, -0.25) is 0 Å². The molecule has 134 valence electrons. The lowest BCUT2D eigenvalue weighted by atomic mass is 10.1. The summed E-state index contributed by atoms with van der Waals surface area (Å²) in [6, 6.07) is 2.00. The summed E-state index contributed by atoms with van der Waals surface area (Å²) in [6.45, 7) is 14.0. The van der Waals surface area contributed by atoms with Crippen molar-refractivity contribution >= 4 is 16.7 Å². The molecule has 0 N–H and O–H groups in total. The van der Waals surface area contributed by atoms with E-state index in [0.717, 1.165) is 41.3 Å². The molecule has 1 aliphatic rings. The number of methoxy groups -OCH3 is 1. The van der Waals surface area contributed by atoms with Gasteiger partial charge in [0.25, 0.3) is 0 Å². The SMILES string of the molecule is CC.CC.COc1nc(C)cc2nc(C)nc(N3CCCCC3)c12. The molecule has 1 fully saturated rings. The second-order valence-electron chi connectivity index (χ2n) is 5.31. The third-order valence-electron chi connectivity index (χ3n) is 3.72. The molecule has 1 saturated heterocycles. The zero-order valence-corrected chi connectivity index (χ0v) is 16.3. The highest BCUT2D eigenvalue weighted by molar-refractivity contribution is 5.94. The molecule has 0 radical (unpaired) electrons. The Bertz CT molecular complexity index is 632. The maximum atomic E-state index is 5.46. The maximum absolute atomic E-state index is 5.46. The molecule has 24 heavy (non-hydrogen) atoms. The lowest BCUT2D eigenvalue weighted by molar-refractivity contribution is 0.402. The maximum Gasteiger partial charge on any atom is 0.226 e. The van der Waals surface area contributed by atoms with Crippen LogP contribution in [0.2, 0.25) is 0 Å². The number of aryl methyl sites for hydroxylation is 2. The molecular weight excluding hydrogens is 300 g/mol. The molecule has 0 saturated carbocycles. The van der Waals surface area contributed by atoms with Crippen molar-refractivity contribution in [2.24, 2.45) is 0 Å². The molecule has 0 amide bonds. The molecule has 0 bridgehead atoms. The Morgan fingerprint density at radius 3 is 2.12 bits per heavy atom. The lowest BCUT2D eigenvalue weighted by Crippen LogP contribution is -2.30. The summed E-state index contributed by atoms with van der Waals surface area (Å²) >= 11 is 0. The van der Waals surface area contributed by atoms with Gasteiger partial charge in [-0.2, -0.15) is 0 Å². The first kappa shape index (κ1) is 20.1. The van der Waals surface area contributed by atoms with E-state index < -0.39 is 0 Å². The third kappa shape index (κ3) is 4.56. The minimum Gasteiger partial charge on any atom is -0.480 e. The van der Waals surface area contributed by atoms with Crippen LogP contribution in [-0.2, 0) is 0 Å². The Balaban J connectivity index is 0.000000671. The summed E-state index contributed by atoms with van der Waals surface area (Å²) in [5, 5.41) is 0.936. The minimum atomic E-state index is 0.626. The van der Waals surface area contributed by atoms with Gasteiger partial charge in [0.05, 0.1) is 12.6 Å². The fourth-order valence-corrected chi connectivity index (χ4v) is 2.82. The van der Waals surface area contributed by atoms with Gasteiger partial charge in [0.2, 0.25) is 5.88 Å². The number of pyridine rings is 1. The molecule has 0 unspecified atom stereocenters. The molecule has 0 spiro atoms. The van der Waals surface area contributed by atoms with E-state index in [1.807, 2.05) is 47.6 Å². The van der Waals surface area contributed by atoms with Crippen LogP contribution < -0.4 is 9.64 Å². The standard InChI is InChI=1S/C15H20N4O.2C2H6/c1-10-9-12-13(15(16-10)20-3)14(18-11(2)17-12)19-7-5-4-6-8-19;2*1-2/h9H,4-8H2,1-3H3;2*1-2H3. The smallest absolute Gasteiger partial charge is 0.226 e. The first-order chi connectivity index (χ1) is 11.7. The van der Waals surface area contributed by atoms with E-state index in [1.54, 1.807) is 7.11 Å². The Kier molecular flexibility index (Phi) is 8.44. The van der Waals surface area contributed by atoms with Gasteiger partial charge in [0.1, 0.15) is 17.0 Å². The Morgan fingerprint density at radius 2 is 1.54 bits per heavy atom. The number of hydrogen-bond acceptors (Lipinski definition) is 5. The molecular formula is C19H32N4O. The highest BCUT2D eigenvalue weighted by atomic mass is 16.5. The first-order valence-electron chi connectivity index (χ1n) is 9.14. The molecule has 2 aromatic rings. The van der Waals surface area contributed by atoms with Crippen LogP contribution in [0, 0.1) is 13.8 Å². The van der Waals surface area contributed by atoms with Crippen LogP contribution in [0.15, 0.2) is 6.07 Å². The van der Waals surface area contributed by atoms with Crippen LogP contribution in [0.3, 0.4) is 0 Å². The molecule has 3 heterocycles. The zero-order valence-electron chi connectivity index (χ0n) is 16.3. The van der Waals surface area contributed by atoms with E-state index in [0.29, 0.717) is 5.88 Å². The van der Waals surface area contributed by atoms with Gasteiger partial charge >= 0.3 is 0 Å². The van der Waals surface area contributed by atoms with Crippen molar-refractivity contribution in [2.45, 2.75) is 60.8 Å². The van der Waals surface area contributed by atoms with Gasteiger partial charge in [0, 0.05) is 18.8 Å². The van der Waals surface area contributed by atoms with Crippen molar-refractivity contribution in [1.29, 1.82) is 0 Å². The average molecular weight is 332 g/mol. The van der Waals surface area contributed by atoms with E-state index >= 15 is 0 Å². The largest absolute Gasteiger partial charge is 0.480 e. The van der Waals surface area contributed by atoms with Crippen LogP contribution in [0.4, 0.5) is 5.82 Å². The number of rotatable bonds is 2. The van der Waals surface area contributed by atoms with E-state index in [4.69, 9.17) is 4.74 Å². The van der Waals surface area contributed by atoms with Crippen molar-refractivity contribution in [3.05, 3.63) is 17.6 Å². The van der Waals surface area contributed by atoms with Crippen molar-refractivity contribution in [2.75, 3.05) is 25.1 Å². The zero-order chi connectivity index (χ0) is 18.1. The number of hydrogen-bond donors (Lipinski definition) is 0. The number of fused-ring (bicyclic) bond motifs is 1. The molecule has 0 atom stereocenters. The summed E-state index contributed by atoms with van der Waals surface area (Å²) < 4.78 is 5.46. The topological polar surface area (TPSA) is 51.1 Å². The Hall–Kier alpha value is -1.91. The molecule has 0 aliphatic carbocycles. The molecule has 3 rings (SSSR count). The van der Waals surface area contributed by atoms with Gasteiger partial charge in [-0.15, -0.1) is 0 Å². The molecule has 0 aromatic carbocycles. The Morgan fingerprint density at radius 1 is 0.917 bits per heavy atom. The number of aromatic nitrogens is 3. The normalized spacial score (nSPS) is 13.5. The second kappa shape index (κ2) is 10.1. The average Bonchev–Trinajstić information content (AvgIpc) is 2.64. The van der Waals surface area contributed by atoms with Crippen molar-refractivity contribution in [3.8, 4) is 5.88 Å². The fourth-order valence-electron chi connectivity index (χ4n) is 2.82. The van der Waals surface area contributed by atoms with Crippen LogP contribution in [-0.4, -0.2) is 35.2 Å². The molecule has 5 heteroatoms. The van der Waals surface area contributed by atoms with Crippen LogP contribution in [0.1, 0.15) is 58.5 Å². The fraction of sp³-hybridized carbons (Fsp3) is 0.632. The minimum absolute atomic E-state index is 0.626. The lowest BCUT2D eigenvalue weighted by Gasteiger charge is -2.29. The third-order valence-corrected chi connectivity index (χ3v) is 3.72. The van der Waals surface area contributed by atoms with Crippen LogP contribution in [0.25, 0.3) is 10.9 Å². The van der Waals surface area contributed by atoms with Gasteiger partial charge in [-0.05, 0) is 39.2 Å². The highest BCUT2D eigenvalue weighted by Crippen LogP contribution is 2.32. The van der Waals surface area contributed by atoms with Gasteiger partial charge < -0.3 is 9.64 Å². The quantitative estimate of drug-likeness (QED) is 0.798. The summed E-state index contributed by atoms with van der Waals surface area (Å²) in [4.78, 5) is 16.0. The first-order valence-corrected chi connectivity index (χ1v) is 9.14. The van der Waals surface area contributed by atoms with E-state index in [9.17, 15) is 0 Å². The predicted molar refractivity (Wildman–Crippen MR) is 102 cm³/mol. The van der Waals surface area contributed by atoms with Crippen molar-refractivity contribution in [1.82, 2.24) is 15.0 Å². The summed E-state index contributed by atoms with van der Waals surface area (Å²) in [7, 11) is 1.65. The molecule has 2 aromatic heterocycles. The van der Waals surface area contributed by atoms with Crippen molar-refractivity contribution < 1.29 is 4.74 Å². The number of anilines is 1. The van der Waals surface area contributed by atoms with Crippen molar-refractivity contribution in [3.63, 3.8) is 0 Å². The van der Waals surface area contributed by atoms with Gasteiger partial charge in [0.15, 0.2) is 0 Å². The van der Waals surface area contributed by atoms with Gasteiger partial charge in [-0.25, -0.2) is 15.0 Å².